The standard InChI is InChI=1S/C20H18N2O4S/c1-24-14-6-8-15(9-7-14)27-13-20(23)22-17(19-5-3-11-26-19)12-16(21-22)18-4-2-10-25-18/h2-11,17H,12-13H2,1H3/t17-/m1/s1. The fourth-order valence-corrected chi connectivity index (χ4v) is 3.67. The maximum Gasteiger partial charge on any atom is 0.253 e. The van der Waals surface area contributed by atoms with Gasteiger partial charge in [-0.25, -0.2) is 5.01 Å². The minimum atomic E-state index is -0.260. The fraction of sp³-hybridized carbons (Fsp3) is 0.200. The number of carbonyl (C=O) groups excluding carboxylic acids is 1. The molecule has 0 saturated carbocycles. The predicted octanol–water partition coefficient (Wildman–Crippen LogP) is 4.35. The van der Waals surface area contributed by atoms with E-state index in [1.165, 1.54) is 16.8 Å². The van der Waals surface area contributed by atoms with Crippen molar-refractivity contribution in [2.24, 2.45) is 5.10 Å². The summed E-state index contributed by atoms with van der Waals surface area (Å²) in [6, 6.07) is 14.7. The van der Waals surface area contributed by atoms with E-state index in [0.717, 1.165) is 16.4 Å². The van der Waals surface area contributed by atoms with Crippen LogP contribution in [0.3, 0.4) is 0 Å². The Morgan fingerprint density at radius 3 is 2.63 bits per heavy atom. The van der Waals surface area contributed by atoms with Gasteiger partial charge in [0.2, 0.25) is 0 Å². The highest BCUT2D eigenvalue weighted by Crippen LogP contribution is 2.34. The van der Waals surface area contributed by atoms with Gasteiger partial charge in [-0.15, -0.1) is 11.8 Å². The average molecular weight is 382 g/mol. The summed E-state index contributed by atoms with van der Waals surface area (Å²) in [4.78, 5) is 13.9. The van der Waals surface area contributed by atoms with Crippen molar-refractivity contribution in [3.63, 3.8) is 0 Å². The predicted molar refractivity (Wildman–Crippen MR) is 102 cm³/mol. The van der Waals surface area contributed by atoms with Crippen molar-refractivity contribution in [3.05, 3.63) is 72.6 Å². The lowest BCUT2D eigenvalue weighted by molar-refractivity contribution is -0.130. The van der Waals surface area contributed by atoms with Gasteiger partial charge in [-0.1, -0.05) is 0 Å². The zero-order valence-electron chi connectivity index (χ0n) is 14.7. The molecular formula is C20H18N2O4S. The molecule has 2 aromatic heterocycles. The third-order valence-corrected chi connectivity index (χ3v) is 5.26. The molecular weight excluding hydrogens is 364 g/mol. The van der Waals surface area contributed by atoms with Crippen LogP contribution in [0, 0.1) is 0 Å². The number of amides is 1. The third-order valence-electron chi connectivity index (χ3n) is 4.26. The number of nitrogens with zero attached hydrogens (tertiary/aromatic N) is 2. The van der Waals surface area contributed by atoms with E-state index in [4.69, 9.17) is 13.6 Å². The molecule has 6 nitrogen and oxygen atoms in total. The van der Waals surface area contributed by atoms with Gasteiger partial charge >= 0.3 is 0 Å². The van der Waals surface area contributed by atoms with Crippen LogP contribution in [0.5, 0.6) is 5.75 Å². The smallest absolute Gasteiger partial charge is 0.253 e. The van der Waals surface area contributed by atoms with Crippen LogP contribution in [0.15, 0.2) is 79.9 Å². The molecule has 0 aliphatic carbocycles. The number of rotatable bonds is 6. The highest BCUT2D eigenvalue weighted by molar-refractivity contribution is 8.00. The molecule has 27 heavy (non-hydrogen) atoms. The Kier molecular flexibility index (Phi) is 5.02. The van der Waals surface area contributed by atoms with Crippen molar-refractivity contribution < 1.29 is 18.4 Å². The number of ether oxygens (including phenoxy) is 1. The van der Waals surface area contributed by atoms with Gasteiger partial charge in [0.05, 0.1) is 25.4 Å². The molecule has 4 rings (SSSR count). The number of carbonyl (C=O) groups is 1. The maximum absolute atomic E-state index is 12.9. The molecule has 0 spiro atoms. The van der Waals surface area contributed by atoms with Gasteiger partial charge in [-0.05, 0) is 48.5 Å². The second kappa shape index (κ2) is 7.75. The fourth-order valence-electron chi connectivity index (χ4n) is 2.92. The summed E-state index contributed by atoms with van der Waals surface area (Å²) in [5.74, 6) is 2.36. The number of hydrazone groups is 1. The Morgan fingerprint density at radius 1 is 1.19 bits per heavy atom. The van der Waals surface area contributed by atoms with E-state index in [9.17, 15) is 4.79 Å². The lowest BCUT2D eigenvalue weighted by Crippen LogP contribution is -2.28. The van der Waals surface area contributed by atoms with Crippen LogP contribution in [0.4, 0.5) is 0 Å². The van der Waals surface area contributed by atoms with E-state index in [2.05, 4.69) is 5.10 Å². The SMILES string of the molecule is COc1ccc(SCC(=O)N2N=C(c3ccco3)C[C@@H]2c2ccco2)cc1. The second-order valence-corrected chi connectivity index (χ2v) is 7.01. The lowest BCUT2D eigenvalue weighted by Gasteiger charge is -2.19. The quantitative estimate of drug-likeness (QED) is 0.593. The van der Waals surface area contributed by atoms with Crippen molar-refractivity contribution in [1.29, 1.82) is 0 Å². The molecule has 0 saturated heterocycles. The molecule has 7 heteroatoms. The number of benzene rings is 1. The number of methoxy groups -OCH3 is 1. The van der Waals surface area contributed by atoms with E-state index in [1.807, 2.05) is 48.5 Å². The summed E-state index contributed by atoms with van der Waals surface area (Å²) in [6.07, 6.45) is 3.76. The Hall–Kier alpha value is -2.93. The van der Waals surface area contributed by atoms with Crippen molar-refractivity contribution in [1.82, 2.24) is 5.01 Å². The van der Waals surface area contributed by atoms with Crippen LogP contribution in [0.2, 0.25) is 0 Å². The molecule has 0 unspecified atom stereocenters. The van der Waals surface area contributed by atoms with Crippen LogP contribution in [0.1, 0.15) is 24.0 Å². The highest BCUT2D eigenvalue weighted by atomic mass is 32.2. The largest absolute Gasteiger partial charge is 0.497 e. The van der Waals surface area contributed by atoms with Gasteiger partial charge in [-0.3, -0.25) is 4.79 Å². The minimum Gasteiger partial charge on any atom is -0.497 e. The van der Waals surface area contributed by atoms with Crippen molar-refractivity contribution in [3.8, 4) is 5.75 Å². The molecule has 1 aliphatic rings. The van der Waals surface area contributed by atoms with Gasteiger partial charge in [-0.2, -0.15) is 5.10 Å². The monoisotopic (exact) mass is 382 g/mol. The molecule has 1 atom stereocenters. The average Bonchev–Trinajstić information content (AvgIpc) is 3.46. The molecule has 0 N–H and O–H groups in total. The molecule has 1 aliphatic heterocycles. The molecule has 1 aromatic carbocycles. The summed E-state index contributed by atoms with van der Waals surface area (Å²) in [5.41, 5.74) is 0.740. The van der Waals surface area contributed by atoms with Crippen LogP contribution < -0.4 is 4.74 Å². The zero-order chi connectivity index (χ0) is 18.6. The first-order chi connectivity index (χ1) is 13.2. The topological polar surface area (TPSA) is 68.2 Å². The second-order valence-electron chi connectivity index (χ2n) is 5.96. The molecule has 1 amide bonds. The van der Waals surface area contributed by atoms with Crippen LogP contribution >= 0.6 is 11.8 Å². The van der Waals surface area contributed by atoms with Crippen LogP contribution in [0.25, 0.3) is 0 Å². The zero-order valence-corrected chi connectivity index (χ0v) is 15.5. The summed E-state index contributed by atoms with van der Waals surface area (Å²) in [7, 11) is 1.63. The van der Waals surface area contributed by atoms with Gasteiger partial charge in [0.1, 0.15) is 29.0 Å². The molecule has 3 aromatic rings. The normalized spacial score (nSPS) is 16.4. The number of hydrogen-bond acceptors (Lipinski definition) is 6. The Balaban J connectivity index is 1.49. The van der Waals surface area contributed by atoms with E-state index in [1.54, 1.807) is 19.6 Å². The molecule has 0 bridgehead atoms. The van der Waals surface area contributed by atoms with Gasteiger partial charge in [0.15, 0.2) is 0 Å². The Bertz CT molecular complexity index is 918. The molecule has 138 valence electrons. The lowest BCUT2D eigenvalue weighted by atomic mass is 10.1. The Morgan fingerprint density at radius 2 is 1.96 bits per heavy atom. The minimum absolute atomic E-state index is 0.0845. The Labute approximate surface area is 160 Å². The van der Waals surface area contributed by atoms with Gasteiger partial charge in [0.25, 0.3) is 5.91 Å². The van der Waals surface area contributed by atoms with E-state index >= 15 is 0 Å². The highest BCUT2D eigenvalue weighted by Gasteiger charge is 2.35. The molecule has 0 fully saturated rings. The maximum atomic E-state index is 12.9. The summed E-state index contributed by atoms with van der Waals surface area (Å²) < 4.78 is 16.1. The van der Waals surface area contributed by atoms with E-state index in [-0.39, 0.29) is 17.7 Å². The van der Waals surface area contributed by atoms with Gasteiger partial charge in [0, 0.05) is 11.3 Å². The first-order valence-electron chi connectivity index (χ1n) is 8.48. The number of furan rings is 2. The van der Waals surface area contributed by atoms with Crippen molar-refractivity contribution in [2.75, 3.05) is 12.9 Å². The first kappa shape index (κ1) is 17.5. The van der Waals surface area contributed by atoms with Crippen LogP contribution in [-0.2, 0) is 4.79 Å². The van der Waals surface area contributed by atoms with E-state index < -0.39 is 0 Å². The first-order valence-corrected chi connectivity index (χ1v) is 9.47. The number of hydrogen-bond donors (Lipinski definition) is 0. The number of thioether (sulfide) groups is 1. The van der Waals surface area contributed by atoms with Crippen molar-refractivity contribution >= 4 is 23.4 Å². The molecule has 3 heterocycles. The van der Waals surface area contributed by atoms with Crippen molar-refractivity contribution in [2.45, 2.75) is 17.4 Å². The molecule has 0 radical (unpaired) electrons. The van der Waals surface area contributed by atoms with Gasteiger partial charge < -0.3 is 13.6 Å². The van der Waals surface area contributed by atoms with E-state index in [0.29, 0.717) is 17.9 Å². The third kappa shape index (κ3) is 3.78. The van der Waals surface area contributed by atoms with Crippen LogP contribution in [-0.4, -0.2) is 29.5 Å². The summed E-state index contributed by atoms with van der Waals surface area (Å²) in [6.45, 7) is 0. The summed E-state index contributed by atoms with van der Waals surface area (Å²) >= 11 is 1.46. The summed E-state index contributed by atoms with van der Waals surface area (Å²) in [5, 5.41) is 6.03.